The lowest BCUT2D eigenvalue weighted by Crippen LogP contribution is -2.65. The second-order valence-corrected chi connectivity index (χ2v) is 10.8. The third-order valence-corrected chi connectivity index (χ3v) is 10.2. The Kier molecular flexibility index (Phi) is 6.66. The summed E-state index contributed by atoms with van der Waals surface area (Å²) in [4.78, 5) is 0. The smallest absolute Gasteiger partial charge is 0.298 e. The molecule has 0 amide bonds. The molecule has 0 spiro atoms. The van der Waals surface area contributed by atoms with Gasteiger partial charge in [0.05, 0.1) is 0 Å². The lowest BCUT2D eigenvalue weighted by molar-refractivity contribution is -0.136. The number of rotatable bonds is 6. The van der Waals surface area contributed by atoms with Crippen LogP contribution < -0.4 is 0 Å². The van der Waals surface area contributed by atoms with Crippen LogP contribution >= 0.6 is 63.7 Å². The minimum Gasteiger partial charge on any atom is -0.334 e. The molecule has 0 aromatic heterocycles. The van der Waals surface area contributed by atoms with Crippen molar-refractivity contribution in [2.75, 3.05) is 13.3 Å². The molecule has 2 aliphatic carbocycles. The highest BCUT2D eigenvalue weighted by Crippen LogP contribution is 2.60. The maximum Gasteiger partial charge on any atom is 0.298 e. The molecule has 0 fully saturated rings. The van der Waals surface area contributed by atoms with Gasteiger partial charge in [-0.3, -0.25) is 0 Å². The summed E-state index contributed by atoms with van der Waals surface area (Å²) in [6.45, 7) is -4.09. The zero-order valence-corrected chi connectivity index (χ0v) is 19.6. The van der Waals surface area contributed by atoms with E-state index in [2.05, 4.69) is 63.7 Å². The van der Waals surface area contributed by atoms with Crippen LogP contribution in [0, 0.1) is 0 Å². The van der Waals surface area contributed by atoms with Gasteiger partial charge in [0.1, 0.15) is 0 Å². The van der Waals surface area contributed by atoms with Crippen molar-refractivity contribution in [2.24, 2.45) is 0 Å². The van der Waals surface area contributed by atoms with Crippen LogP contribution in [0.4, 0.5) is 26.3 Å². The standard InChI is InChI=1S/C16H12Br4F6O/c17-11(15(23,24)9-21)5-1-3-7-13(11,19)27-14(20)8-4-2-6-12(14,18)16(25,26)10-22/h1-8H,9-10H2. The molecule has 2 rings (SSSR count). The van der Waals surface area contributed by atoms with E-state index in [0.29, 0.717) is 0 Å². The van der Waals surface area contributed by atoms with E-state index in [4.69, 9.17) is 4.74 Å². The molecule has 0 bridgehead atoms. The molecular formula is C16H12Br4F6O. The van der Waals surface area contributed by atoms with Gasteiger partial charge < -0.3 is 4.74 Å². The van der Waals surface area contributed by atoms with E-state index >= 15 is 0 Å². The Hall–Kier alpha value is 0.420. The first-order valence-electron chi connectivity index (χ1n) is 7.32. The average Bonchev–Trinajstić information content (AvgIpc) is 2.60. The van der Waals surface area contributed by atoms with E-state index in [1.165, 1.54) is 24.3 Å². The van der Waals surface area contributed by atoms with Crippen molar-refractivity contribution in [1.82, 2.24) is 0 Å². The molecule has 0 radical (unpaired) electrons. The summed E-state index contributed by atoms with van der Waals surface area (Å²) in [5.41, 5.74) is 0. The topological polar surface area (TPSA) is 9.23 Å². The van der Waals surface area contributed by atoms with Gasteiger partial charge in [-0.05, 0) is 44.0 Å². The fraction of sp³-hybridized carbons (Fsp3) is 0.500. The summed E-state index contributed by atoms with van der Waals surface area (Å²) in [5.74, 6) is -7.96. The SMILES string of the molecule is FCC(F)(F)C1(Br)C=CC=CC1(Br)OC1(Br)C=CC=CC1(Br)C(F)(F)CF. The van der Waals surface area contributed by atoms with Crippen molar-refractivity contribution in [3.8, 4) is 0 Å². The summed E-state index contributed by atoms with van der Waals surface area (Å²) < 4.78 is 80.2. The molecule has 0 aromatic rings. The highest BCUT2D eigenvalue weighted by Gasteiger charge is 2.69. The maximum absolute atomic E-state index is 14.4. The summed E-state index contributed by atoms with van der Waals surface area (Å²) in [6, 6.07) is 0. The van der Waals surface area contributed by atoms with Crippen LogP contribution in [0.25, 0.3) is 0 Å². The molecule has 27 heavy (non-hydrogen) atoms. The summed E-state index contributed by atoms with van der Waals surface area (Å²) >= 11 is 11.6. The Balaban J connectivity index is 2.57. The van der Waals surface area contributed by atoms with E-state index in [1.807, 2.05) is 0 Å². The summed E-state index contributed by atoms with van der Waals surface area (Å²) in [7, 11) is 0. The molecule has 2 aliphatic rings. The molecular weight excluding hydrogens is 642 g/mol. The van der Waals surface area contributed by atoms with Crippen LogP contribution in [0.15, 0.2) is 48.6 Å². The van der Waals surface area contributed by atoms with Gasteiger partial charge in [-0.1, -0.05) is 68.3 Å². The van der Waals surface area contributed by atoms with Crippen molar-refractivity contribution in [3.63, 3.8) is 0 Å². The van der Waals surface area contributed by atoms with Crippen molar-refractivity contribution < 1.29 is 31.1 Å². The quantitative estimate of drug-likeness (QED) is 0.224. The van der Waals surface area contributed by atoms with Gasteiger partial charge in [-0.25, -0.2) is 26.3 Å². The fourth-order valence-corrected chi connectivity index (χ4v) is 5.40. The van der Waals surface area contributed by atoms with Crippen molar-refractivity contribution in [3.05, 3.63) is 48.6 Å². The summed E-state index contributed by atoms with van der Waals surface area (Å²) in [6.07, 6.45) is 9.23. The van der Waals surface area contributed by atoms with Crippen LogP contribution in [0.1, 0.15) is 0 Å². The Labute approximate surface area is 185 Å². The van der Waals surface area contributed by atoms with Gasteiger partial charge in [-0.15, -0.1) is 0 Å². The van der Waals surface area contributed by atoms with E-state index in [-0.39, 0.29) is 0 Å². The van der Waals surface area contributed by atoms with Crippen LogP contribution in [-0.2, 0) is 4.74 Å². The Morgan fingerprint density at radius 2 is 0.926 bits per heavy atom. The van der Waals surface area contributed by atoms with Gasteiger partial charge in [0, 0.05) is 0 Å². The molecule has 4 atom stereocenters. The second kappa shape index (κ2) is 7.59. The molecule has 0 aromatic carbocycles. The van der Waals surface area contributed by atoms with Crippen molar-refractivity contribution >= 4 is 63.7 Å². The summed E-state index contributed by atoms with van der Waals surface area (Å²) in [5, 5.41) is 0. The third-order valence-electron chi connectivity index (χ3n) is 4.18. The maximum atomic E-state index is 14.4. The highest BCUT2D eigenvalue weighted by atomic mass is 79.9. The minimum absolute atomic E-state index is 0.948. The molecule has 0 N–H and O–H groups in total. The molecule has 0 aliphatic heterocycles. The molecule has 0 saturated carbocycles. The Morgan fingerprint density at radius 3 is 1.22 bits per heavy atom. The van der Waals surface area contributed by atoms with E-state index in [9.17, 15) is 26.3 Å². The molecule has 0 saturated heterocycles. The normalized spacial score (nSPS) is 39.2. The third kappa shape index (κ3) is 3.57. The first kappa shape index (κ1) is 23.7. The zero-order chi connectivity index (χ0) is 20.8. The van der Waals surface area contributed by atoms with Crippen molar-refractivity contribution in [2.45, 2.75) is 29.5 Å². The molecule has 152 valence electrons. The number of halogens is 10. The van der Waals surface area contributed by atoms with Gasteiger partial charge in [0.25, 0.3) is 11.8 Å². The molecule has 0 heterocycles. The number of alkyl halides is 10. The molecule has 4 unspecified atom stereocenters. The highest BCUT2D eigenvalue weighted by molar-refractivity contribution is 9.13. The number of hydrogen-bond acceptors (Lipinski definition) is 1. The lowest BCUT2D eigenvalue weighted by atomic mass is 9.88. The number of ether oxygens (including phenoxy) is 1. The van der Waals surface area contributed by atoms with Crippen LogP contribution in [0.2, 0.25) is 0 Å². The molecule has 1 nitrogen and oxygen atoms in total. The van der Waals surface area contributed by atoms with E-state index in [0.717, 1.165) is 24.3 Å². The monoisotopic (exact) mass is 650 g/mol. The van der Waals surface area contributed by atoms with Crippen LogP contribution in [0.5, 0.6) is 0 Å². The first-order chi connectivity index (χ1) is 12.2. The largest absolute Gasteiger partial charge is 0.334 e. The number of hydrogen-bond donors (Lipinski definition) is 0. The number of allylic oxidation sites excluding steroid dienone is 4. The van der Waals surface area contributed by atoms with Crippen LogP contribution in [0.3, 0.4) is 0 Å². The van der Waals surface area contributed by atoms with Gasteiger partial charge >= 0.3 is 0 Å². The zero-order valence-electron chi connectivity index (χ0n) is 13.2. The average molecular weight is 654 g/mol. The van der Waals surface area contributed by atoms with Crippen molar-refractivity contribution in [1.29, 1.82) is 0 Å². The Bertz CT molecular complexity index is 653. The van der Waals surface area contributed by atoms with Gasteiger partial charge in [0.2, 0.25) is 0 Å². The van der Waals surface area contributed by atoms with E-state index < -0.39 is 42.9 Å². The van der Waals surface area contributed by atoms with Crippen LogP contribution in [-0.4, -0.2) is 42.9 Å². The Morgan fingerprint density at radius 1 is 0.630 bits per heavy atom. The minimum atomic E-state index is -3.98. The van der Waals surface area contributed by atoms with E-state index in [1.54, 1.807) is 0 Å². The lowest BCUT2D eigenvalue weighted by Gasteiger charge is -2.51. The van der Waals surface area contributed by atoms with Gasteiger partial charge in [-0.2, -0.15) is 0 Å². The predicted octanol–water partition coefficient (Wildman–Crippen LogP) is 6.91. The first-order valence-corrected chi connectivity index (χ1v) is 10.5. The second-order valence-electron chi connectivity index (χ2n) is 5.93. The van der Waals surface area contributed by atoms with Gasteiger partial charge in [0.15, 0.2) is 31.0 Å². The predicted molar refractivity (Wildman–Crippen MR) is 106 cm³/mol. The molecule has 11 heteroatoms. The fourth-order valence-electron chi connectivity index (χ4n) is 2.57.